The fraction of sp³-hybridized carbons (Fsp3) is 0.143. The number of carbonyl (C=O) groups is 1. The molecule has 0 N–H and O–H groups in total. The second kappa shape index (κ2) is 5.56. The molecule has 0 amide bonds. The van der Waals surface area contributed by atoms with Gasteiger partial charge in [-0.15, -0.1) is 0 Å². The van der Waals surface area contributed by atoms with E-state index in [1.54, 1.807) is 13.0 Å². The number of aryl methyl sites for hydroxylation is 1. The van der Waals surface area contributed by atoms with E-state index in [1.807, 2.05) is 0 Å². The Hall–Kier alpha value is -2.30. The van der Waals surface area contributed by atoms with Crippen LogP contribution in [0.15, 0.2) is 42.7 Å². The number of hydrogen-bond acceptors (Lipinski definition) is 3. The molecule has 0 fully saturated rings. The van der Waals surface area contributed by atoms with E-state index in [0.29, 0.717) is 5.56 Å². The predicted octanol–water partition coefficient (Wildman–Crippen LogP) is 3.22. The van der Waals surface area contributed by atoms with Crippen LogP contribution in [-0.2, 0) is 0 Å². The molecule has 5 heteroatoms. The van der Waals surface area contributed by atoms with Gasteiger partial charge in [0.2, 0.25) is 0 Å². The van der Waals surface area contributed by atoms with Crippen LogP contribution in [0.5, 0.6) is 5.75 Å². The van der Waals surface area contributed by atoms with E-state index in [0.717, 1.165) is 5.56 Å². The van der Waals surface area contributed by atoms with Crippen LogP contribution in [-0.4, -0.2) is 17.4 Å². The molecule has 2 aromatic rings. The van der Waals surface area contributed by atoms with Crippen LogP contribution in [0.4, 0.5) is 8.78 Å². The van der Waals surface area contributed by atoms with Crippen molar-refractivity contribution in [2.75, 3.05) is 0 Å². The lowest BCUT2D eigenvalue weighted by atomic mass is 10.0. The van der Waals surface area contributed by atoms with Gasteiger partial charge in [0.15, 0.2) is 5.78 Å². The molecular weight excluding hydrogens is 252 g/mol. The number of alkyl halides is 2. The summed E-state index contributed by atoms with van der Waals surface area (Å²) < 4.78 is 29.1. The maximum atomic E-state index is 12.4. The van der Waals surface area contributed by atoms with Crippen LogP contribution in [0.3, 0.4) is 0 Å². The summed E-state index contributed by atoms with van der Waals surface area (Å²) in [5.74, 6) is -0.491. The third kappa shape index (κ3) is 3.13. The van der Waals surface area contributed by atoms with Crippen molar-refractivity contribution in [2.24, 2.45) is 0 Å². The summed E-state index contributed by atoms with van der Waals surface area (Å²) in [7, 11) is 0. The standard InChI is InChI=1S/C14H11F2NO2/c1-9-2-3-11(12(8-9)19-14(15)16)13(18)10-4-6-17-7-5-10/h2-8,14H,1H3. The van der Waals surface area contributed by atoms with Crippen LogP contribution in [0.25, 0.3) is 0 Å². The number of benzene rings is 1. The number of ether oxygens (including phenoxy) is 1. The zero-order chi connectivity index (χ0) is 13.8. The molecule has 98 valence electrons. The van der Waals surface area contributed by atoms with Gasteiger partial charge in [0, 0.05) is 18.0 Å². The third-order valence-corrected chi connectivity index (χ3v) is 2.54. The zero-order valence-electron chi connectivity index (χ0n) is 10.1. The number of aromatic nitrogens is 1. The molecule has 0 radical (unpaired) electrons. The zero-order valence-corrected chi connectivity index (χ0v) is 10.1. The number of nitrogens with zero attached hydrogens (tertiary/aromatic N) is 1. The molecule has 0 saturated heterocycles. The lowest BCUT2D eigenvalue weighted by Crippen LogP contribution is -2.09. The van der Waals surface area contributed by atoms with Gasteiger partial charge in [-0.3, -0.25) is 9.78 Å². The van der Waals surface area contributed by atoms with Crippen molar-refractivity contribution in [3.05, 3.63) is 59.4 Å². The van der Waals surface area contributed by atoms with Crippen molar-refractivity contribution in [1.82, 2.24) is 4.98 Å². The predicted molar refractivity (Wildman–Crippen MR) is 65.5 cm³/mol. The highest BCUT2D eigenvalue weighted by Crippen LogP contribution is 2.24. The molecule has 2 rings (SSSR count). The molecule has 0 bridgehead atoms. The van der Waals surface area contributed by atoms with Gasteiger partial charge in [-0.25, -0.2) is 0 Å². The smallest absolute Gasteiger partial charge is 0.387 e. The van der Waals surface area contributed by atoms with Crippen LogP contribution in [0.1, 0.15) is 21.5 Å². The summed E-state index contributed by atoms with van der Waals surface area (Å²) in [6.45, 7) is -1.23. The summed E-state index contributed by atoms with van der Waals surface area (Å²) in [6, 6.07) is 7.62. The quantitative estimate of drug-likeness (QED) is 0.795. The number of ketones is 1. The topological polar surface area (TPSA) is 39.2 Å². The number of halogens is 2. The first-order valence-electron chi connectivity index (χ1n) is 5.58. The van der Waals surface area contributed by atoms with Gasteiger partial charge < -0.3 is 4.74 Å². The average Bonchev–Trinajstić information content (AvgIpc) is 2.38. The molecule has 0 aliphatic rings. The van der Waals surface area contributed by atoms with Crippen molar-refractivity contribution in [3.63, 3.8) is 0 Å². The van der Waals surface area contributed by atoms with Gasteiger partial charge in [-0.2, -0.15) is 8.78 Å². The average molecular weight is 263 g/mol. The first-order valence-corrected chi connectivity index (χ1v) is 5.58. The van der Waals surface area contributed by atoms with E-state index in [-0.39, 0.29) is 17.1 Å². The van der Waals surface area contributed by atoms with Gasteiger partial charge in [0.1, 0.15) is 5.75 Å². The molecule has 0 spiro atoms. The minimum absolute atomic E-state index is 0.108. The molecule has 1 aromatic heterocycles. The van der Waals surface area contributed by atoms with Crippen LogP contribution in [0.2, 0.25) is 0 Å². The van der Waals surface area contributed by atoms with Gasteiger partial charge in [-0.1, -0.05) is 6.07 Å². The maximum absolute atomic E-state index is 12.4. The fourth-order valence-electron chi connectivity index (χ4n) is 1.67. The number of hydrogen-bond donors (Lipinski definition) is 0. The Kier molecular flexibility index (Phi) is 3.85. The minimum atomic E-state index is -2.97. The number of carbonyl (C=O) groups excluding carboxylic acids is 1. The maximum Gasteiger partial charge on any atom is 0.387 e. The molecule has 0 atom stereocenters. The van der Waals surface area contributed by atoms with Crippen LogP contribution in [0, 0.1) is 6.92 Å². The second-order valence-electron chi connectivity index (χ2n) is 3.94. The summed E-state index contributed by atoms with van der Waals surface area (Å²) in [5.41, 5.74) is 1.22. The monoisotopic (exact) mass is 263 g/mol. The highest BCUT2D eigenvalue weighted by Gasteiger charge is 2.17. The van der Waals surface area contributed by atoms with E-state index in [2.05, 4.69) is 9.72 Å². The molecule has 1 aromatic carbocycles. The van der Waals surface area contributed by atoms with E-state index in [9.17, 15) is 13.6 Å². The lowest BCUT2D eigenvalue weighted by Gasteiger charge is -2.10. The SMILES string of the molecule is Cc1ccc(C(=O)c2ccncc2)c(OC(F)F)c1. The largest absolute Gasteiger partial charge is 0.434 e. The summed E-state index contributed by atoms with van der Waals surface area (Å²) in [6.07, 6.45) is 2.93. The Morgan fingerprint density at radius 2 is 1.89 bits per heavy atom. The molecule has 0 aliphatic heterocycles. The Bertz CT molecular complexity index is 585. The molecule has 0 unspecified atom stereocenters. The Morgan fingerprint density at radius 1 is 1.21 bits per heavy atom. The van der Waals surface area contributed by atoms with E-state index < -0.39 is 6.61 Å². The Balaban J connectivity index is 2.41. The summed E-state index contributed by atoms with van der Waals surface area (Å²) >= 11 is 0. The minimum Gasteiger partial charge on any atom is -0.434 e. The van der Waals surface area contributed by atoms with Crippen molar-refractivity contribution >= 4 is 5.78 Å². The van der Waals surface area contributed by atoms with Gasteiger partial charge in [0.25, 0.3) is 0 Å². The number of pyridine rings is 1. The highest BCUT2D eigenvalue weighted by atomic mass is 19.3. The molecule has 0 aliphatic carbocycles. The molecule has 1 heterocycles. The Morgan fingerprint density at radius 3 is 2.53 bits per heavy atom. The van der Waals surface area contributed by atoms with Gasteiger partial charge >= 0.3 is 6.61 Å². The highest BCUT2D eigenvalue weighted by molar-refractivity contribution is 6.10. The van der Waals surface area contributed by atoms with Gasteiger partial charge in [-0.05, 0) is 36.8 Å². The van der Waals surface area contributed by atoms with E-state index >= 15 is 0 Å². The molecule has 0 saturated carbocycles. The van der Waals surface area contributed by atoms with Gasteiger partial charge in [0.05, 0.1) is 5.56 Å². The first-order chi connectivity index (χ1) is 9.08. The third-order valence-electron chi connectivity index (χ3n) is 2.54. The van der Waals surface area contributed by atoms with E-state index in [1.165, 1.54) is 36.7 Å². The van der Waals surface area contributed by atoms with Crippen LogP contribution >= 0.6 is 0 Å². The lowest BCUT2D eigenvalue weighted by molar-refractivity contribution is -0.0501. The molecule has 3 nitrogen and oxygen atoms in total. The Labute approximate surface area is 108 Å². The van der Waals surface area contributed by atoms with Crippen LogP contribution < -0.4 is 4.74 Å². The molecule has 19 heavy (non-hydrogen) atoms. The fourth-order valence-corrected chi connectivity index (χ4v) is 1.67. The van der Waals surface area contributed by atoms with Crippen molar-refractivity contribution in [2.45, 2.75) is 13.5 Å². The first kappa shape index (κ1) is 13.1. The van der Waals surface area contributed by atoms with Crippen molar-refractivity contribution in [3.8, 4) is 5.75 Å². The summed E-state index contributed by atoms with van der Waals surface area (Å²) in [4.78, 5) is 16.0. The van der Waals surface area contributed by atoms with Crippen molar-refractivity contribution < 1.29 is 18.3 Å². The van der Waals surface area contributed by atoms with E-state index in [4.69, 9.17) is 0 Å². The van der Waals surface area contributed by atoms with Crippen molar-refractivity contribution in [1.29, 1.82) is 0 Å². The molecular formula is C14H11F2NO2. The normalized spacial score (nSPS) is 10.5. The number of rotatable bonds is 4. The second-order valence-corrected chi connectivity index (χ2v) is 3.94. The summed E-state index contributed by atoms with van der Waals surface area (Å²) in [5, 5.41) is 0.